The summed E-state index contributed by atoms with van der Waals surface area (Å²) in [5, 5.41) is 4.02. The van der Waals surface area contributed by atoms with E-state index in [9.17, 15) is 9.59 Å². The van der Waals surface area contributed by atoms with E-state index in [2.05, 4.69) is 31.1 Å². The van der Waals surface area contributed by atoms with Gasteiger partial charge in [0.25, 0.3) is 0 Å². The van der Waals surface area contributed by atoms with Gasteiger partial charge in [-0.1, -0.05) is 53.1 Å². The summed E-state index contributed by atoms with van der Waals surface area (Å²) in [5.74, 6) is -0.813. The summed E-state index contributed by atoms with van der Waals surface area (Å²) in [6, 6.07) is 5.58. The van der Waals surface area contributed by atoms with E-state index in [4.69, 9.17) is 16.3 Å². The molecule has 0 aliphatic heterocycles. The fourth-order valence-electron chi connectivity index (χ4n) is 2.44. The first kappa shape index (κ1) is 21.2. The number of fused-ring (bicyclic) bond motifs is 1. The number of ether oxygens (including phenoxy) is 1. The summed E-state index contributed by atoms with van der Waals surface area (Å²) >= 11 is 6.45. The number of aromatic nitrogens is 1. The number of hydrogen-bond donors (Lipinski definition) is 1. The molecule has 1 N–H and O–H groups in total. The summed E-state index contributed by atoms with van der Waals surface area (Å²) in [5.41, 5.74) is 1.19. The number of amides is 1. The van der Waals surface area contributed by atoms with Crippen molar-refractivity contribution in [1.29, 1.82) is 0 Å². The number of esters is 1. The fourth-order valence-corrected chi connectivity index (χ4v) is 2.71. The number of benzene rings is 1. The van der Waals surface area contributed by atoms with Gasteiger partial charge in [0.1, 0.15) is 0 Å². The molecule has 0 saturated carbocycles. The van der Waals surface area contributed by atoms with E-state index in [1.807, 2.05) is 12.1 Å². The Morgan fingerprint density at radius 3 is 2.26 bits per heavy atom. The number of nitrogens with one attached hydrogen (secondary N) is 1. The van der Waals surface area contributed by atoms with Crippen molar-refractivity contribution in [2.75, 3.05) is 11.9 Å². The average Bonchev–Trinajstić information content (AvgIpc) is 2.52. The molecule has 2 rings (SSSR count). The highest BCUT2D eigenvalue weighted by atomic mass is 35.5. The number of hydrogen-bond acceptors (Lipinski definition) is 4. The van der Waals surface area contributed by atoms with Gasteiger partial charge in [0.05, 0.1) is 22.8 Å². The molecule has 0 aliphatic carbocycles. The fraction of sp³-hybridized carbons (Fsp3) is 0.476. The Balaban J connectivity index is 2.70. The number of pyridine rings is 1. The Kier molecular flexibility index (Phi) is 5.85. The van der Waals surface area contributed by atoms with E-state index in [0.717, 1.165) is 10.9 Å². The molecule has 0 saturated heterocycles. The predicted octanol–water partition coefficient (Wildman–Crippen LogP) is 5.35. The van der Waals surface area contributed by atoms with Gasteiger partial charge in [-0.05, 0) is 36.1 Å². The molecule has 0 radical (unpaired) electrons. The average molecular weight is 391 g/mol. The maximum absolute atomic E-state index is 12.5. The molecular formula is C21H27ClN2O3. The molecule has 27 heavy (non-hydrogen) atoms. The number of rotatable bonds is 3. The lowest BCUT2D eigenvalue weighted by Crippen LogP contribution is -2.28. The molecule has 146 valence electrons. The molecule has 1 aromatic carbocycles. The molecule has 0 fully saturated rings. The van der Waals surface area contributed by atoms with Gasteiger partial charge >= 0.3 is 5.97 Å². The second-order valence-corrected chi connectivity index (χ2v) is 9.00. The van der Waals surface area contributed by atoms with Gasteiger partial charge in [-0.15, -0.1) is 0 Å². The maximum atomic E-state index is 12.5. The van der Waals surface area contributed by atoms with Crippen molar-refractivity contribution in [3.63, 3.8) is 0 Å². The number of anilines is 1. The Morgan fingerprint density at radius 2 is 1.74 bits per heavy atom. The minimum absolute atomic E-state index is 0.0485. The molecule has 2 aromatic rings. The van der Waals surface area contributed by atoms with E-state index in [1.54, 1.807) is 33.8 Å². The van der Waals surface area contributed by atoms with Gasteiger partial charge < -0.3 is 10.1 Å². The summed E-state index contributed by atoms with van der Waals surface area (Å²) in [7, 11) is 0. The van der Waals surface area contributed by atoms with Gasteiger partial charge in [-0.3, -0.25) is 4.79 Å². The molecular weight excluding hydrogens is 364 g/mol. The molecule has 6 heteroatoms. The Morgan fingerprint density at radius 1 is 1.11 bits per heavy atom. The van der Waals surface area contributed by atoms with E-state index in [-0.39, 0.29) is 23.6 Å². The van der Waals surface area contributed by atoms with Crippen LogP contribution in [0.5, 0.6) is 0 Å². The number of carbonyl (C=O) groups excluding carboxylic acids is 2. The van der Waals surface area contributed by atoms with E-state index in [1.165, 1.54) is 0 Å². The first-order valence-electron chi connectivity index (χ1n) is 8.98. The number of carbonyl (C=O) groups is 2. The number of nitrogens with zero attached hydrogens (tertiary/aromatic N) is 1. The summed E-state index contributed by atoms with van der Waals surface area (Å²) in [6.07, 6.45) is 0. The third-order valence-electron chi connectivity index (χ3n) is 4.14. The minimum atomic E-state index is -0.619. The third-order valence-corrected chi connectivity index (χ3v) is 4.42. The summed E-state index contributed by atoms with van der Waals surface area (Å²) in [4.78, 5) is 29.3. The summed E-state index contributed by atoms with van der Waals surface area (Å²) in [6.45, 7) is 13.6. The maximum Gasteiger partial charge on any atom is 0.359 e. The largest absolute Gasteiger partial charge is 0.461 e. The smallest absolute Gasteiger partial charge is 0.359 e. The number of halogens is 1. The third kappa shape index (κ3) is 4.78. The van der Waals surface area contributed by atoms with E-state index < -0.39 is 11.4 Å². The van der Waals surface area contributed by atoms with Crippen LogP contribution in [-0.2, 0) is 14.9 Å². The van der Waals surface area contributed by atoms with Gasteiger partial charge in [-0.2, -0.15) is 0 Å². The Bertz CT molecular complexity index is 893. The normalized spacial score (nSPS) is 12.1. The zero-order chi connectivity index (χ0) is 20.6. The molecule has 0 unspecified atom stereocenters. The van der Waals surface area contributed by atoms with Gasteiger partial charge in [0.15, 0.2) is 5.69 Å². The van der Waals surface area contributed by atoms with Gasteiger partial charge in [0, 0.05) is 10.8 Å². The molecule has 0 spiro atoms. The first-order chi connectivity index (χ1) is 12.3. The van der Waals surface area contributed by atoms with Gasteiger partial charge in [0.2, 0.25) is 5.91 Å². The quantitative estimate of drug-likeness (QED) is 0.717. The van der Waals surface area contributed by atoms with Crippen LogP contribution in [0.3, 0.4) is 0 Å². The topological polar surface area (TPSA) is 68.3 Å². The highest BCUT2D eigenvalue weighted by molar-refractivity contribution is 6.35. The molecule has 0 aliphatic rings. The zero-order valence-corrected chi connectivity index (χ0v) is 17.7. The van der Waals surface area contributed by atoms with Crippen LogP contribution < -0.4 is 5.32 Å². The lowest BCUT2D eigenvalue weighted by molar-refractivity contribution is -0.123. The lowest BCUT2D eigenvalue weighted by atomic mass is 9.86. The second kappa shape index (κ2) is 7.47. The van der Waals surface area contributed by atoms with Crippen LogP contribution in [-0.4, -0.2) is 23.5 Å². The van der Waals surface area contributed by atoms with Crippen molar-refractivity contribution in [1.82, 2.24) is 4.98 Å². The van der Waals surface area contributed by atoms with Crippen molar-refractivity contribution in [2.24, 2.45) is 5.41 Å². The van der Waals surface area contributed by atoms with Crippen LogP contribution in [0.15, 0.2) is 18.2 Å². The highest BCUT2D eigenvalue weighted by Gasteiger charge is 2.26. The van der Waals surface area contributed by atoms with Crippen LogP contribution in [0.25, 0.3) is 10.9 Å². The molecule has 5 nitrogen and oxygen atoms in total. The van der Waals surface area contributed by atoms with Gasteiger partial charge in [-0.25, -0.2) is 9.78 Å². The van der Waals surface area contributed by atoms with Crippen molar-refractivity contribution in [3.8, 4) is 0 Å². The predicted molar refractivity (Wildman–Crippen MR) is 109 cm³/mol. The Hall–Kier alpha value is -2.14. The second-order valence-electron chi connectivity index (χ2n) is 8.59. The molecule has 0 bridgehead atoms. The molecule has 1 aromatic heterocycles. The van der Waals surface area contributed by atoms with Crippen LogP contribution >= 0.6 is 11.6 Å². The molecule has 1 amide bonds. The SMILES string of the molecule is CCOC(=O)c1nc2c(Cl)cc(C(C)(C)C)cc2cc1NC(=O)C(C)(C)C. The van der Waals surface area contributed by atoms with Crippen molar-refractivity contribution < 1.29 is 14.3 Å². The van der Waals surface area contributed by atoms with Crippen LogP contribution in [0.4, 0.5) is 5.69 Å². The summed E-state index contributed by atoms with van der Waals surface area (Å²) < 4.78 is 5.11. The van der Waals surface area contributed by atoms with Crippen molar-refractivity contribution in [2.45, 2.75) is 53.9 Å². The Labute approximate surface area is 165 Å². The standard InChI is InChI=1S/C21H27ClN2O3/c1-8-27-18(25)17-15(23-19(26)21(5,6)7)10-12-9-13(20(2,3)4)11-14(22)16(12)24-17/h9-11H,8H2,1-7H3,(H,23,26). The highest BCUT2D eigenvalue weighted by Crippen LogP contribution is 2.33. The monoisotopic (exact) mass is 390 g/mol. The lowest BCUT2D eigenvalue weighted by Gasteiger charge is -2.21. The van der Waals surface area contributed by atoms with E-state index in [0.29, 0.717) is 16.2 Å². The van der Waals surface area contributed by atoms with Crippen LogP contribution in [0, 0.1) is 5.41 Å². The van der Waals surface area contributed by atoms with Crippen LogP contribution in [0.1, 0.15) is 64.5 Å². The van der Waals surface area contributed by atoms with Crippen LogP contribution in [0.2, 0.25) is 5.02 Å². The van der Waals surface area contributed by atoms with Crippen molar-refractivity contribution >= 4 is 40.1 Å². The molecule has 0 atom stereocenters. The molecule has 1 heterocycles. The van der Waals surface area contributed by atoms with Crippen molar-refractivity contribution in [3.05, 3.63) is 34.5 Å². The zero-order valence-electron chi connectivity index (χ0n) is 17.0. The minimum Gasteiger partial charge on any atom is -0.461 e. The van der Waals surface area contributed by atoms with E-state index >= 15 is 0 Å². The first-order valence-corrected chi connectivity index (χ1v) is 9.35.